The molecule has 0 aliphatic rings. The molecule has 8 heteroatoms. The van der Waals surface area contributed by atoms with Gasteiger partial charge in [0.2, 0.25) is 0 Å². The van der Waals surface area contributed by atoms with Gasteiger partial charge in [-0.2, -0.15) is 0 Å². The van der Waals surface area contributed by atoms with Gasteiger partial charge in [-0.05, 0) is 38.5 Å². The lowest BCUT2D eigenvalue weighted by molar-refractivity contribution is -0.129. The van der Waals surface area contributed by atoms with E-state index in [0.717, 1.165) is 25.7 Å². The van der Waals surface area contributed by atoms with Crippen molar-refractivity contribution < 1.29 is 33.8 Å². The lowest BCUT2D eigenvalue weighted by atomic mass is 10.1. The van der Waals surface area contributed by atoms with Gasteiger partial charge in [0, 0.05) is 0 Å². The molecule has 174 valence electrons. The first-order valence-electron chi connectivity index (χ1n) is 11.2. The fourth-order valence-corrected chi connectivity index (χ4v) is 3.29. The predicted octanol–water partition coefficient (Wildman–Crippen LogP) is 4.83. The third-order valence-electron chi connectivity index (χ3n) is 4.63. The Bertz CT molecular complexity index is 425. The predicted molar refractivity (Wildman–Crippen MR) is 115 cm³/mol. The van der Waals surface area contributed by atoms with Crippen LogP contribution >= 0.6 is 7.82 Å². The van der Waals surface area contributed by atoms with E-state index in [1.165, 1.54) is 57.8 Å². The molecule has 0 bridgehead atoms. The molecule has 0 saturated carbocycles. The fourth-order valence-electron chi connectivity index (χ4n) is 2.93. The van der Waals surface area contributed by atoms with Crippen LogP contribution < -0.4 is 0 Å². The van der Waals surface area contributed by atoms with Crippen molar-refractivity contribution in [3.8, 4) is 0 Å². The number of hydrogen-bond acceptors (Lipinski definition) is 5. The standard InChI is InChI=1S/C21H43O7P/c1-2-3-4-5-6-7-8-9-10-11-12-13-14-15-16-17-21(23)27-18-20(22)19-28-29(24,25)26/h9-10,20-23H,2-8,11-19H2,1H3,(H2,24,25,26)/b10-9-/t20-,21?/m1/s1. The highest BCUT2D eigenvalue weighted by Crippen LogP contribution is 2.35. The normalized spacial score (nSPS) is 14.5. The summed E-state index contributed by atoms with van der Waals surface area (Å²) in [5.41, 5.74) is 0. The number of phosphoric acid groups is 1. The first-order chi connectivity index (χ1) is 13.8. The number of rotatable bonds is 21. The topological polar surface area (TPSA) is 116 Å². The number of hydrogen-bond donors (Lipinski definition) is 4. The molecule has 0 aliphatic heterocycles. The molecule has 29 heavy (non-hydrogen) atoms. The summed E-state index contributed by atoms with van der Waals surface area (Å²) in [5, 5.41) is 19.1. The quantitative estimate of drug-likeness (QED) is 0.0878. The Hall–Kier alpha value is -0.270. The van der Waals surface area contributed by atoms with Crippen LogP contribution in [-0.4, -0.2) is 45.6 Å². The van der Waals surface area contributed by atoms with Crippen molar-refractivity contribution in [1.29, 1.82) is 0 Å². The summed E-state index contributed by atoms with van der Waals surface area (Å²) in [7, 11) is -4.60. The molecule has 0 fully saturated rings. The van der Waals surface area contributed by atoms with Crippen LogP contribution in [0.1, 0.15) is 96.8 Å². The zero-order valence-corrected chi connectivity index (χ0v) is 19.0. The molecule has 0 aromatic carbocycles. The van der Waals surface area contributed by atoms with E-state index in [-0.39, 0.29) is 6.61 Å². The van der Waals surface area contributed by atoms with E-state index in [1.54, 1.807) is 0 Å². The number of phosphoric ester groups is 1. The summed E-state index contributed by atoms with van der Waals surface area (Å²) >= 11 is 0. The highest BCUT2D eigenvalue weighted by atomic mass is 31.2. The average molecular weight is 439 g/mol. The Morgan fingerprint density at radius 3 is 1.86 bits per heavy atom. The molecule has 0 radical (unpaired) electrons. The average Bonchev–Trinajstić information content (AvgIpc) is 2.67. The Morgan fingerprint density at radius 2 is 1.31 bits per heavy atom. The second-order valence-corrected chi connectivity index (χ2v) is 8.84. The molecular weight excluding hydrogens is 395 g/mol. The maximum absolute atomic E-state index is 10.5. The molecule has 0 heterocycles. The van der Waals surface area contributed by atoms with Crippen LogP contribution in [0.15, 0.2) is 12.2 Å². The lowest BCUT2D eigenvalue weighted by Crippen LogP contribution is -2.25. The second kappa shape index (κ2) is 19.7. The molecule has 0 amide bonds. The van der Waals surface area contributed by atoms with E-state index in [1.807, 2.05) is 0 Å². The van der Waals surface area contributed by atoms with Gasteiger partial charge in [0.05, 0.1) is 13.2 Å². The van der Waals surface area contributed by atoms with Crippen LogP contribution in [0.5, 0.6) is 0 Å². The van der Waals surface area contributed by atoms with Crippen molar-refractivity contribution in [2.75, 3.05) is 13.2 Å². The number of aliphatic hydroxyl groups excluding tert-OH is 2. The van der Waals surface area contributed by atoms with Crippen LogP contribution in [0.3, 0.4) is 0 Å². The monoisotopic (exact) mass is 438 g/mol. The lowest BCUT2D eigenvalue weighted by Gasteiger charge is -2.15. The molecule has 0 aliphatic carbocycles. The largest absolute Gasteiger partial charge is 0.469 e. The summed E-state index contributed by atoms with van der Waals surface area (Å²) in [6.45, 7) is 1.48. The van der Waals surface area contributed by atoms with Crippen LogP contribution in [0, 0.1) is 0 Å². The van der Waals surface area contributed by atoms with Gasteiger partial charge in [-0.25, -0.2) is 4.57 Å². The molecule has 0 spiro atoms. The van der Waals surface area contributed by atoms with E-state index in [4.69, 9.17) is 14.5 Å². The highest BCUT2D eigenvalue weighted by molar-refractivity contribution is 7.46. The molecule has 4 N–H and O–H groups in total. The highest BCUT2D eigenvalue weighted by Gasteiger charge is 2.17. The van der Waals surface area contributed by atoms with Crippen molar-refractivity contribution in [2.24, 2.45) is 0 Å². The minimum absolute atomic E-state index is 0.230. The van der Waals surface area contributed by atoms with Crippen molar-refractivity contribution in [1.82, 2.24) is 0 Å². The van der Waals surface area contributed by atoms with Gasteiger partial charge in [-0.1, -0.05) is 70.4 Å². The van der Waals surface area contributed by atoms with Gasteiger partial charge >= 0.3 is 7.82 Å². The molecule has 0 saturated heterocycles. The molecular formula is C21H43O7P. The zero-order valence-electron chi connectivity index (χ0n) is 18.1. The van der Waals surface area contributed by atoms with Crippen molar-refractivity contribution >= 4 is 7.82 Å². The molecule has 0 aromatic heterocycles. The third kappa shape index (κ3) is 23.9. The van der Waals surface area contributed by atoms with E-state index >= 15 is 0 Å². The summed E-state index contributed by atoms with van der Waals surface area (Å²) in [5.74, 6) is 0. The number of aliphatic hydroxyl groups is 2. The Labute approximate surface area is 176 Å². The Morgan fingerprint density at radius 1 is 0.793 bits per heavy atom. The third-order valence-corrected chi connectivity index (χ3v) is 5.11. The fraction of sp³-hybridized carbons (Fsp3) is 0.905. The van der Waals surface area contributed by atoms with Crippen LogP contribution in [0.2, 0.25) is 0 Å². The zero-order chi connectivity index (χ0) is 21.8. The van der Waals surface area contributed by atoms with Gasteiger partial charge in [-0.3, -0.25) is 4.52 Å². The van der Waals surface area contributed by atoms with Gasteiger partial charge in [0.25, 0.3) is 0 Å². The minimum Gasteiger partial charge on any atom is -0.388 e. The maximum atomic E-state index is 10.5. The summed E-state index contributed by atoms with van der Waals surface area (Å²) in [6.07, 6.45) is 18.7. The molecule has 2 atom stereocenters. The van der Waals surface area contributed by atoms with Crippen molar-refractivity contribution in [3.05, 3.63) is 12.2 Å². The number of unbranched alkanes of at least 4 members (excludes halogenated alkanes) is 11. The Kier molecular flexibility index (Phi) is 19.5. The first-order valence-corrected chi connectivity index (χ1v) is 12.7. The van der Waals surface area contributed by atoms with Crippen LogP contribution in [-0.2, 0) is 13.8 Å². The van der Waals surface area contributed by atoms with Crippen molar-refractivity contribution in [3.63, 3.8) is 0 Å². The number of allylic oxidation sites excluding steroid dienone is 2. The van der Waals surface area contributed by atoms with Crippen molar-refractivity contribution in [2.45, 2.75) is 109 Å². The first kappa shape index (κ1) is 28.7. The molecule has 7 nitrogen and oxygen atoms in total. The van der Waals surface area contributed by atoms with Gasteiger partial charge < -0.3 is 24.7 Å². The van der Waals surface area contributed by atoms with E-state index in [2.05, 4.69) is 23.6 Å². The van der Waals surface area contributed by atoms with E-state index in [0.29, 0.717) is 6.42 Å². The smallest absolute Gasteiger partial charge is 0.388 e. The number of ether oxygens (including phenoxy) is 1. The maximum Gasteiger partial charge on any atom is 0.469 e. The van der Waals surface area contributed by atoms with Gasteiger partial charge in [-0.15, -0.1) is 0 Å². The van der Waals surface area contributed by atoms with E-state index < -0.39 is 26.8 Å². The van der Waals surface area contributed by atoms with Gasteiger partial charge in [0.1, 0.15) is 6.10 Å². The second-order valence-electron chi connectivity index (χ2n) is 7.60. The van der Waals surface area contributed by atoms with Gasteiger partial charge in [0.15, 0.2) is 6.29 Å². The molecule has 1 unspecified atom stereocenters. The SMILES string of the molecule is CCCCCCCC/C=C\CCCCCCCC(O)OC[C@@H](O)COP(=O)(O)O. The van der Waals surface area contributed by atoms with Crippen LogP contribution in [0.25, 0.3) is 0 Å². The Balaban J connectivity index is 3.37. The molecule has 0 rings (SSSR count). The van der Waals surface area contributed by atoms with Crippen LogP contribution in [0.4, 0.5) is 0 Å². The summed E-state index contributed by atoms with van der Waals surface area (Å²) in [6, 6.07) is 0. The molecule has 0 aromatic rings. The van der Waals surface area contributed by atoms with E-state index in [9.17, 15) is 14.8 Å². The minimum atomic E-state index is -4.60. The summed E-state index contributed by atoms with van der Waals surface area (Å²) in [4.78, 5) is 17.1. The summed E-state index contributed by atoms with van der Waals surface area (Å²) < 4.78 is 19.7.